The summed E-state index contributed by atoms with van der Waals surface area (Å²) >= 11 is 12.5. The molecule has 2 aromatic heterocycles. The number of alkyl halides is 1. The van der Waals surface area contributed by atoms with Crippen LogP contribution in [0.1, 0.15) is 18.0 Å². The van der Waals surface area contributed by atoms with Crippen LogP contribution in [0.5, 0.6) is 5.75 Å². The van der Waals surface area contributed by atoms with Gasteiger partial charge in [0.15, 0.2) is 0 Å². The van der Waals surface area contributed by atoms with Gasteiger partial charge in [-0.25, -0.2) is 4.98 Å². The van der Waals surface area contributed by atoms with Crippen LogP contribution in [0.4, 0.5) is 0 Å². The molecule has 108 valence electrons. The van der Waals surface area contributed by atoms with E-state index >= 15 is 0 Å². The summed E-state index contributed by atoms with van der Waals surface area (Å²) in [6, 6.07) is 11.5. The fourth-order valence-corrected chi connectivity index (χ4v) is 2.77. The standard InChI is InChI=1S/C16H14Cl2N2O/c1-10(17)16-15(11-4-3-5-13(8-11)21-2)19-14-7-6-12(18)9-20(14)16/h3-10H,1-2H3. The third-order valence-electron chi connectivity index (χ3n) is 3.34. The number of aromatic nitrogens is 2. The predicted octanol–water partition coefficient (Wildman–Crippen LogP) is 4.96. The normalized spacial score (nSPS) is 12.6. The van der Waals surface area contributed by atoms with Gasteiger partial charge in [-0.2, -0.15) is 0 Å². The Morgan fingerprint density at radius 2 is 2.05 bits per heavy atom. The predicted molar refractivity (Wildman–Crippen MR) is 86.5 cm³/mol. The van der Waals surface area contributed by atoms with Crippen LogP contribution in [0.2, 0.25) is 5.02 Å². The Kier molecular flexibility index (Phi) is 3.79. The van der Waals surface area contributed by atoms with Crippen LogP contribution in [0.25, 0.3) is 16.9 Å². The third-order valence-corrected chi connectivity index (χ3v) is 3.77. The molecule has 0 aliphatic rings. The van der Waals surface area contributed by atoms with Crippen LogP contribution in [0, 0.1) is 0 Å². The third kappa shape index (κ3) is 2.59. The van der Waals surface area contributed by atoms with Gasteiger partial charge in [-0.05, 0) is 31.2 Å². The lowest BCUT2D eigenvalue weighted by atomic mass is 10.1. The van der Waals surface area contributed by atoms with Crippen LogP contribution in [-0.4, -0.2) is 16.5 Å². The van der Waals surface area contributed by atoms with Gasteiger partial charge in [0.1, 0.15) is 11.4 Å². The van der Waals surface area contributed by atoms with Gasteiger partial charge in [0, 0.05) is 11.8 Å². The highest BCUT2D eigenvalue weighted by molar-refractivity contribution is 6.30. The summed E-state index contributed by atoms with van der Waals surface area (Å²) in [6.07, 6.45) is 1.84. The molecule has 0 fully saturated rings. The van der Waals surface area contributed by atoms with E-state index in [1.54, 1.807) is 7.11 Å². The van der Waals surface area contributed by atoms with Crippen LogP contribution in [0.3, 0.4) is 0 Å². The van der Waals surface area contributed by atoms with Crippen LogP contribution in [-0.2, 0) is 0 Å². The molecule has 0 spiro atoms. The molecule has 0 saturated heterocycles. The lowest BCUT2D eigenvalue weighted by Crippen LogP contribution is -1.95. The summed E-state index contributed by atoms with van der Waals surface area (Å²) in [4.78, 5) is 4.69. The largest absolute Gasteiger partial charge is 0.497 e. The summed E-state index contributed by atoms with van der Waals surface area (Å²) in [7, 11) is 1.65. The molecule has 21 heavy (non-hydrogen) atoms. The number of hydrogen-bond donors (Lipinski definition) is 0. The van der Waals surface area contributed by atoms with Gasteiger partial charge in [0.2, 0.25) is 0 Å². The van der Waals surface area contributed by atoms with E-state index in [1.165, 1.54) is 0 Å². The average Bonchev–Trinajstić information content (AvgIpc) is 2.86. The Bertz CT molecular complexity index is 796. The van der Waals surface area contributed by atoms with E-state index < -0.39 is 0 Å². The van der Waals surface area contributed by atoms with Crippen molar-refractivity contribution in [2.24, 2.45) is 0 Å². The van der Waals surface area contributed by atoms with Crippen molar-refractivity contribution in [3.63, 3.8) is 0 Å². The number of imidazole rings is 1. The minimum Gasteiger partial charge on any atom is -0.497 e. The van der Waals surface area contributed by atoms with E-state index in [1.807, 2.05) is 53.9 Å². The first kappa shape index (κ1) is 14.2. The quantitative estimate of drug-likeness (QED) is 0.637. The summed E-state index contributed by atoms with van der Waals surface area (Å²) in [5, 5.41) is 0.454. The van der Waals surface area contributed by atoms with Gasteiger partial charge in [-0.1, -0.05) is 23.7 Å². The fraction of sp³-hybridized carbons (Fsp3) is 0.188. The Balaban J connectivity index is 2.28. The Labute approximate surface area is 133 Å². The molecule has 5 heteroatoms. The summed E-state index contributed by atoms with van der Waals surface area (Å²) in [6.45, 7) is 1.93. The SMILES string of the molecule is COc1cccc(-c2nc3ccc(Cl)cn3c2C(C)Cl)c1. The van der Waals surface area contributed by atoms with Crippen molar-refractivity contribution in [3.8, 4) is 17.0 Å². The van der Waals surface area contributed by atoms with Crippen LogP contribution < -0.4 is 4.74 Å². The lowest BCUT2D eigenvalue weighted by Gasteiger charge is -2.08. The second-order valence-corrected chi connectivity index (χ2v) is 5.86. The molecular formula is C16H14Cl2N2O. The van der Waals surface area contributed by atoms with Crippen LogP contribution >= 0.6 is 23.2 Å². The monoisotopic (exact) mass is 320 g/mol. The average molecular weight is 321 g/mol. The molecule has 0 aliphatic carbocycles. The zero-order valence-corrected chi connectivity index (χ0v) is 13.2. The van der Waals surface area contributed by atoms with E-state index in [4.69, 9.17) is 27.9 Å². The highest BCUT2D eigenvalue weighted by atomic mass is 35.5. The van der Waals surface area contributed by atoms with Gasteiger partial charge in [-0.3, -0.25) is 0 Å². The number of methoxy groups -OCH3 is 1. The van der Waals surface area contributed by atoms with E-state index in [0.29, 0.717) is 5.02 Å². The number of nitrogens with zero attached hydrogens (tertiary/aromatic N) is 2. The number of fused-ring (bicyclic) bond motifs is 1. The molecule has 0 amide bonds. The molecule has 0 N–H and O–H groups in total. The molecule has 0 radical (unpaired) electrons. The number of benzene rings is 1. The molecule has 1 aromatic carbocycles. The van der Waals surface area contributed by atoms with Crippen molar-refractivity contribution in [1.29, 1.82) is 0 Å². The Hall–Kier alpha value is -1.71. The minimum atomic E-state index is -0.195. The zero-order valence-electron chi connectivity index (χ0n) is 11.7. The topological polar surface area (TPSA) is 26.5 Å². The van der Waals surface area contributed by atoms with Crippen molar-refractivity contribution in [2.45, 2.75) is 12.3 Å². The maximum absolute atomic E-state index is 6.37. The molecule has 3 rings (SSSR count). The lowest BCUT2D eigenvalue weighted by molar-refractivity contribution is 0.415. The maximum atomic E-state index is 6.37. The maximum Gasteiger partial charge on any atom is 0.137 e. The molecule has 2 heterocycles. The molecular weight excluding hydrogens is 307 g/mol. The molecule has 0 aliphatic heterocycles. The number of ether oxygens (including phenoxy) is 1. The fourth-order valence-electron chi connectivity index (χ4n) is 2.40. The van der Waals surface area contributed by atoms with Crippen molar-refractivity contribution in [3.05, 3.63) is 53.3 Å². The first-order chi connectivity index (χ1) is 10.1. The molecule has 3 nitrogen and oxygen atoms in total. The molecule has 1 unspecified atom stereocenters. The van der Waals surface area contributed by atoms with Crippen LogP contribution in [0.15, 0.2) is 42.6 Å². The van der Waals surface area contributed by atoms with E-state index in [9.17, 15) is 0 Å². The minimum absolute atomic E-state index is 0.195. The first-order valence-electron chi connectivity index (χ1n) is 6.56. The number of hydrogen-bond acceptors (Lipinski definition) is 2. The first-order valence-corrected chi connectivity index (χ1v) is 7.37. The molecule has 0 saturated carbocycles. The van der Waals surface area contributed by atoms with Gasteiger partial charge in [0.25, 0.3) is 0 Å². The molecule has 1 atom stereocenters. The number of rotatable bonds is 3. The second-order valence-electron chi connectivity index (χ2n) is 4.77. The Morgan fingerprint density at radius 1 is 1.24 bits per heavy atom. The summed E-state index contributed by atoms with van der Waals surface area (Å²) < 4.78 is 7.22. The van der Waals surface area contributed by atoms with E-state index in [0.717, 1.165) is 28.3 Å². The number of halogens is 2. The van der Waals surface area contributed by atoms with Gasteiger partial charge in [-0.15, -0.1) is 11.6 Å². The molecule has 3 aromatic rings. The van der Waals surface area contributed by atoms with Gasteiger partial charge >= 0.3 is 0 Å². The molecule has 0 bridgehead atoms. The highest BCUT2D eigenvalue weighted by Crippen LogP contribution is 2.33. The summed E-state index contributed by atoms with van der Waals surface area (Å²) in [5.41, 5.74) is 3.55. The van der Waals surface area contributed by atoms with Crippen molar-refractivity contribution in [2.75, 3.05) is 7.11 Å². The second kappa shape index (κ2) is 5.58. The highest BCUT2D eigenvalue weighted by Gasteiger charge is 2.18. The Morgan fingerprint density at radius 3 is 2.76 bits per heavy atom. The zero-order chi connectivity index (χ0) is 15.0. The van der Waals surface area contributed by atoms with Crippen molar-refractivity contribution < 1.29 is 4.74 Å². The van der Waals surface area contributed by atoms with E-state index in [2.05, 4.69) is 4.98 Å². The van der Waals surface area contributed by atoms with Crippen molar-refractivity contribution >= 4 is 28.8 Å². The smallest absolute Gasteiger partial charge is 0.137 e. The van der Waals surface area contributed by atoms with Crippen molar-refractivity contribution in [1.82, 2.24) is 9.38 Å². The van der Waals surface area contributed by atoms with Gasteiger partial charge < -0.3 is 9.14 Å². The number of pyridine rings is 1. The van der Waals surface area contributed by atoms with Gasteiger partial charge in [0.05, 0.1) is 28.9 Å². The van der Waals surface area contributed by atoms with E-state index in [-0.39, 0.29) is 5.38 Å². The summed E-state index contributed by atoms with van der Waals surface area (Å²) in [5.74, 6) is 0.788.